The molecule has 0 aliphatic rings. The summed E-state index contributed by atoms with van der Waals surface area (Å²) in [7, 11) is 1.27. The standard InChI is InChI=1S/C6H5ClF2N2O4/c1-11-4(15-6(12)13)2(7)3(10-11)14-5(8)9/h5H,1H3,(H,12,13). The Kier molecular flexibility index (Phi) is 3.30. The van der Waals surface area contributed by atoms with Gasteiger partial charge >= 0.3 is 12.8 Å². The fraction of sp³-hybridized carbons (Fsp3) is 0.333. The van der Waals surface area contributed by atoms with Crippen LogP contribution >= 0.6 is 11.6 Å². The molecule has 0 aliphatic heterocycles. The van der Waals surface area contributed by atoms with Crippen molar-refractivity contribution in [3.05, 3.63) is 5.02 Å². The van der Waals surface area contributed by atoms with E-state index in [2.05, 4.69) is 14.6 Å². The molecule has 0 radical (unpaired) electrons. The highest BCUT2D eigenvalue weighted by atomic mass is 35.5. The smallest absolute Gasteiger partial charge is 0.449 e. The van der Waals surface area contributed by atoms with E-state index in [4.69, 9.17) is 16.7 Å². The number of hydrogen-bond acceptors (Lipinski definition) is 4. The van der Waals surface area contributed by atoms with Crippen LogP contribution in [0.2, 0.25) is 5.02 Å². The molecule has 0 atom stereocenters. The second kappa shape index (κ2) is 4.30. The van der Waals surface area contributed by atoms with Crippen LogP contribution in [-0.2, 0) is 7.05 Å². The van der Waals surface area contributed by atoms with E-state index < -0.39 is 23.7 Å². The van der Waals surface area contributed by atoms with Crippen LogP contribution in [-0.4, -0.2) is 27.7 Å². The Morgan fingerprint density at radius 1 is 1.67 bits per heavy atom. The first kappa shape index (κ1) is 11.5. The third-order valence-corrected chi connectivity index (χ3v) is 1.62. The average Bonchev–Trinajstić information content (AvgIpc) is 2.31. The Hall–Kier alpha value is -1.57. The molecule has 84 valence electrons. The van der Waals surface area contributed by atoms with Crippen LogP contribution in [0.3, 0.4) is 0 Å². The number of halogens is 3. The minimum Gasteiger partial charge on any atom is -0.449 e. The van der Waals surface area contributed by atoms with Gasteiger partial charge in [0, 0.05) is 7.05 Å². The lowest BCUT2D eigenvalue weighted by Gasteiger charge is -1.99. The summed E-state index contributed by atoms with van der Waals surface area (Å²) in [5.74, 6) is -0.981. The number of hydrogen-bond donors (Lipinski definition) is 1. The Morgan fingerprint density at radius 2 is 2.27 bits per heavy atom. The summed E-state index contributed by atoms with van der Waals surface area (Å²) >= 11 is 5.49. The molecule has 0 aliphatic carbocycles. The first-order chi connectivity index (χ1) is 6.91. The monoisotopic (exact) mass is 242 g/mol. The summed E-state index contributed by atoms with van der Waals surface area (Å²) in [6.07, 6.45) is -1.64. The quantitative estimate of drug-likeness (QED) is 0.817. The lowest BCUT2D eigenvalue weighted by Crippen LogP contribution is -2.07. The van der Waals surface area contributed by atoms with Crippen LogP contribution in [0.4, 0.5) is 13.6 Å². The van der Waals surface area contributed by atoms with Gasteiger partial charge in [0.1, 0.15) is 0 Å². The molecule has 15 heavy (non-hydrogen) atoms. The van der Waals surface area contributed by atoms with Crippen LogP contribution < -0.4 is 9.47 Å². The lowest BCUT2D eigenvalue weighted by atomic mass is 10.6. The van der Waals surface area contributed by atoms with Gasteiger partial charge in [-0.25, -0.2) is 9.48 Å². The third kappa shape index (κ3) is 2.69. The SMILES string of the molecule is Cn1nc(OC(F)F)c(Cl)c1OC(=O)O. The Balaban J connectivity index is 2.98. The van der Waals surface area contributed by atoms with Gasteiger partial charge in [-0.2, -0.15) is 8.78 Å². The summed E-state index contributed by atoms with van der Waals surface area (Å²) in [6, 6.07) is 0. The molecule has 6 nitrogen and oxygen atoms in total. The summed E-state index contributed by atoms with van der Waals surface area (Å²) in [5.41, 5.74) is 0. The van der Waals surface area contributed by atoms with Gasteiger partial charge in [0.05, 0.1) is 0 Å². The molecular weight excluding hydrogens is 238 g/mol. The molecule has 0 fully saturated rings. The predicted molar refractivity (Wildman–Crippen MR) is 43.5 cm³/mol. The maximum atomic E-state index is 11.8. The molecule has 0 saturated heterocycles. The average molecular weight is 243 g/mol. The fourth-order valence-corrected chi connectivity index (χ4v) is 1.06. The molecule has 1 heterocycles. The van der Waals surface area contributed by atoms with E-state index in [1.807, 2.05) is 0 Å². The highest BCUT2D eigenvalue weighted by Gasteiger charge is 2.21. The number of ether oxygens (including phenoxy) is 2. The molecule has 0 unspecified atom stereocenters. The fourth-order valence-electron chi connectivity index (χ4n) is 0.812. The lowest BCUT2D eigenvalue weighted by molar-refractivity contribution is -0.0530. The van der Waals surface area contributed by atoms with E-state index in [0.29, 0.717) is 0 Å². The van der Waals surface area contributed by atoms with Crippen molar-refractivity contribution in [2.75, 3.05) is 0 Å². The van der Waals surface area contributed by atoms with E-state index in [1.54, 1.807) is 0 Å². The zero-order valence-electron chi connectivity index (χ0n) is 7.28. The van der Waals surface area contributed by atoms with Crippen LogP contribution in [0.15, 0.2) is 0 Å². The van der Waals surface area contributed by atoms with E-state index in [9.17, 15) is 13.6 Å². The number of carbonyl (C=O) groups is 1. The van der Waals surface area contributed by atoms with Crippen molar-refractivity contribution in [1.82, 2.24) is 9.78 Å². The first-order valence-corrected chi connectivity index (χ1v) is 3.87. The summed E-state index contributed by atoms with van der Waals surface area (Å²) in [6.45, 7) is -3.10. The first-order valence-electron chi connectivity index (χ1n) is 3.50. The number of rotatable bonds is 3. The van der Waals surface area contributed by atoms with Crippen molar-refractivity contribution in [3.8, 4) is 11.8 Å². The molecular formula is C6H5ClF2N2O4. The number of alkyl halides is 2. The molecule has 0 bridgehead atoms. The zero-order chi connectivity index (χ0) is 11.6. The van der Waals surface area contributed by atoms with Gasteiger partial charge in [0.2, 0.25) is 5.88 Å². The van der Waals surface area contributed by atoms with E-state index in [-0.39, 0.29) is 5.88 Å². The molecule has 1 aromatic rings. The van der Waals surface area contributed by atoms with Gasteiger partial charge in [0.25, 0.3) is 5.88 Å². The Bertz CT molecular complexity index is 381. The summed E-state index contributed by atoms with van der Waals surface area (Å²) in [4.78, 5) is 10.2. The van der Waals surface area contributed by atoms with Gasteiger partial charge in [-0.3, -0.25) is 0 Å². The zero-order valence-corrected chi connectivity index (χ0v) is 8.03. The predicted octanol–water partition coefficient (Wildman–Crippen LogP) is 1.73. The number of aryl methyl sites for hydroxylation is 1. The maximum absolute atomic E-state index is 11.8. The highest BCUT2D eigenvalue weighted by molar-refractivity contribution is 6.33. The van der Waals surface area contributed by atoms with Crippen LogP contribution in [0, 0.1) is 0 Å². The second-order valence-corrected chi connectivity index (χ2v) is 2.67. The van der Waals surface area contributed by atoms with E-state index in [0.717, 1.165) is 4.68 Å². The Morgan fingerprint density at radius 3 is 2.73 bits per heavy atom. The van der Waals surface area contributed by atoms with Crippen molar-refractivity contribution in [3.63, 3.8) is 0 Å². The van der Waals surface area contributed by atoms with Crippen LogP contribution in [0.5, 0.6) is 11.8 Å². The van der Waals surface area contributed by atoms with Gasteiger partial charge in [0.15, 0.2) is 5.02 Å². The highest BCUT2D eigenvalue weighted by Crippen LogP contribution is 2.33. The molecule has 1 aromatic heterocycles. The molecule has 1 rings (SSSR count). The van der Waals surface area contributed by atoms with Crippen LogP contribution in [0.25, 0.3) is 0 Å². The maximum Gasteiger partial charge on any atom is 0.512 e. The van der Waals surface area contributed by atoms with Crippen molar-refractivity contribution in [2.24, 2.45) is 7.05 Å². The van der Waals surface area contributed by atoms with E-state index in [1.165, 1.54) is 7.05 Å². The molecule has 0 amide bonds. The number of aromatic nitrogens is 2. The minimum absolute atomic E-state index is 0.389. The number of nitrogens with zero attached hydrogens (tertiary/aromatic N) is 2. The largest absolute Gasteiger partial charge is 0.512 e. The minimum atomic E-state index is -3.10. The molecule has 0 saturated carbocycles. The van der Waals surface area contributed by atoms with Crippen LogP contribution in [0.1, 0.15) is 0 Å². The number of carboxylic acid groups (broad SMARTS) is 1. The molecule has 9 heteroatoms. The topological polar surface area (TPSA) is 73.6 Å². The van der Waals surface area contributed by atoms with E-state index >= 15 is 0 Å². The van der Waals surface area contributed by atoms with Gasteiger partial charge in [-0.1, -0.05) is 11.6 Å². The molecule has 1 N–H and O–H groups in total. The van der Waals surface area contributed by atoms with Gasteiger partial charge in [-0.05, 0) is 0 Å². The van der Waals surface area contributed by atoms with Gasteiger partial charge in [-0.15, -0.1) is 5.10 Å². The van der Waals surface area contributed by atoms with Crippen molar-refractivity contribution in [2.45, 2.75) is 6.61 Å². The summed E-state index contributed by atoms with van der Waals surface area (Å²) < 4.78 is 32.6. The summed E-state index contributed by atoms with van der Waals surface area (Å²) in [5, 5.41) is 11.3. The second-order valence-electron chi connectivity index (χ2n) is 2.29. The third-order valence-electron chi connectivity index (χ3n) is 1.29. The molecule has 0 spiro atoms. The van der Waals surface area contributed by atoms with Crippen molar-refractivity contribution < 1.29 is 28.2 Å². The normalized spacial score (nSPS) is 10.5. The molecule has 0 aromatic carbocycles. The van der Waals surface area contributed by atoms with Crippen molar-refractivity contribution in [1.29, 1.82) is 0 Å². The Labute approximate surface area is 87.0 Å². The van der Waals surface area contributed by atoms with Gasteiger partial charge < -0.3 is 14.6 Å². The van der Waals surface area contributed by atoms with Crippen molar-refractivity contribution >= 4 is 17.8 Å².